The highest BCUT2D eigenvalue weighted by atomic mass is 16.2. The number of para-hydroxylation sites is 1. The molecule has 3 heterocycles. The molecule has 0 saturated carbocycles. The molecule has 4 rings (SSSR count). The molecule has 2 amide bonds. The second-order valence-electron chi connectivity index (χ2n) is 7.53. The predicted octanol–water partition coefficient (Wildman–Crippen LogP) is 1.03. The van der Waals surface area contributed by atoms with E-state index in [0.717, 1.165) is 31.8 Å². The van der Waals surface area contributed by atoms with E-state index in [4.69, 9.17) is 0 Å². The molecule has 0 bridgehead atoms. The van der Waals surface area contributed by atoms with Crippen LogP contribution in [0.1, 0.15) is 6.42 Å². The van der Waals surface area contributed by atoms with E-state index in [9.17, 15) is 4.79 Å². The summed E-state index contributed by atoms with van der Waals surface area (Å²) in [6, 6.07) is 10.1. The van der Waals surface area contributed by atoms with Crippen molar-refractivity contribution in [3.8, 4) is 0 Å². The van der Waals surface area contributed by atoms with Crippen LogP contribution >= 0.6 is 0 Å². The Bertz CT molecular complexity index is 888. The van der Waals surface area contributed by atoms with Gasteiger partial charge in [-0.2, -0.15) is 0 Å². The molecule has 0 saturated heterocycles. The van der Waals surface area contributed by atoms with Crippen molar-refractivity contribution in [3.05, 3.63) is 77.4 Å². The number of carbonyl (C=O) groups is 1. The van der Waals surface area contributed by atoms with Crippen LogP contribution in [0.4, 0.5) is 10.5 Å². The molecule has 1 aromatic rings. The molecule has 3 aliphatic rings. The Balaban J connectivity index is 1.21. The first-order valence-corrected chi connectivity index (χ1v) is 10.3. The molecule has 0 aromatic heterocycles. The average Bonchev–Trinajstić information content (AvgIpc) is 3.32. The third kappa shape index (κ3) is 4.96. The number of amides is 2. The zero-order valence-electron chi connectivity index (χ0n) is 17.2. The summed E-state index contributed by atoms with van der Waals surface area (Å²) in [5.41, 5.74) is 10.9. The molecule has 1 aromatic carbocycles. The summed E-state index contributed by atoms with van der Waals surface area (Å²) < 4.78 is 0. The third-order valence-corrected chi connectivity index (χ3v) is 5.37. The Morgan fingerprint density at radius 1 is 1.17 bits per heavy atom. The molecular weight excluding hydrogens is 378 g/mol. The normalized spacial score (nSPS) is 19.6. The molecular formula is C22H29N7O. The highest BCUT2D eigenvalue weighted by molar-refractivity contribution is 5.75. The van der Waals surface area contributed by atoms with E-state index in [1.54, 1.807) is 0 Å². The quantitative estimate of drug-likeness (QED) is 0.378. The number of fused-ring (bicyclic) bond motifs is 1. The van der Waals surface area contributed by atoms with E-state index >= 15 is 0 Å². The van der Waals surface area contributed by atoms with Crippen molar-refractivity contribution in [1.82, 2.24) is 32.1 Å². The van der Waals surface area contributed by atoms with Gasteiger partial charge in [0.05, 0.1) is 6.04 Å². The predicted molar refractivity (Wildman–Crippen MR) is 119 cm³/mol. The number of urea groups is 1. The minimum Gasteiger partial charge on any atom is -0.382 e. The molecule has 0 aliphatic carbocycles. The highest BCUT2D eigenvalue weighted by Crippen LogP contribution is 2.20. The third-order valence-electron chi connectivity index (χ3n) is 5.37. The number of benzene rings is 1. The summed E-state index contributed by atoms with van der Waals surface area (Å²) >= 11 is 0. The monoisotopic (exact) mass is 407 g/mol. The van der Waals surface area contributed by atoms with Gasteiger partial charge < -0.3 is 26.3 Å². The van der Waals surface area contributed by atoms with Crippen LogP contribution in [0, 0.1) is 0 Å². The fraction of sp³-hybridized carbons (Fsp3) is 0.318. The number of hydrazine groups is 1. The van der Waals surface area contributed by atoms with E-state index in [0.29, 0.717) is 12.4 Å². The minimum atomic E-state index is -0.201. The Kier molecular flexibility index (Phi) is 6.24. The van der Waals surface area contributed by atoms with Crippen LogP contribution in [0.25, 0.3) is 0 Å². The van der Waals surface area contributed by atoms with Gasteiger partial charge in [0.2, 0.25) is 0 Å². The number of hydrogen-bond acceptors (Lipinski definition) is 6. The van der Waals surface area contributed by atoms with Crippen LogP contribution in [0.2, 0.25) is 0 Å². The first-order chi connectivity index (χ1) is 14.7. The summed E-state index contributed by atoms with van der Waals surface area (Å²) in [7, 11) is 2.06. The van der Waals surface area contributed by atoms with E-state index < -0.39 is 0 Å². The van der Waals surface area contributed by atoms with Gasteiger partial charge in [0.1, 0.15) is 5.82 Å². The number of nitrogens with zero attached hydrogens (tertiary/aromatic N) is 1. The SMILES string of the molecule is CN(CCCNC(=O)NC1=CC=C2NCC(C3=CNNC3)=CC2N1)c1ccccc1. The Morgan fingerprint density at radius 3 is 2.83 bits per heavy atom. The number of anilines is 1. The average molecular weight is 408 g/mol. The Hall–Kier alpha value is -3.39. The lowest BCUT2D eigenvalue weighted by atomic mass is 9.97. The summed E-state index contributed by atoms with van der Waals surface area (Å²) in [5.74, 6) is 0.693. The van der Waals surface area contributed by atoms with Gasteiger partial charge in [-0.15, -0.1) is 0 Å². The number of dihydropyridines is 1. The second kappa shape index (κ2) is 9.41. The fourth-order valence-electron chi connectivity index (χ4n) is 3.66. The molecule has 1 unspecified atom stereocenters. The van der Waals surface area contributed by atoms with Crippen LogP contribution in [0.15, 0.2) is 77.4 Å². The second-order valence-corrected chi connectivity index (χ2v) is 7.53. The number of allylic oxidation sites excluding steroid dienone is 2. The van der Waals surface area contributed by atoms with Gasteiger partial charge in [0.25, 0.3) is 0 Å². The number of carbonyl (C=O) groups excluding carboxylic acids is 1. The molecule has 0 fully saturated rings. The maximum Gasteiger partial charge on any atom is 0.320 e. The summed E-state index contributed by atoms with van der Waals surface area (Å²) in [6.07, 6.45) is 8.96. The number of hydrogen-bond donors (Lipinski definition) is 6. The lowest BCUT2D eigenvalue weighted by Crippen LogP contribution is -2.47. The van der Waals surface area contributed by atoms with Gasteiger partial charge in [-0.05, 0) is 41.9 Å². The molecule has 6 N–H and O–H groups in total. The van der Waals surface area contributed by atoms with Crippen molar-refractivity contribution in [2.75, 3.05) is 38.1 Å². The van der Waals surface area contributed by atoms with Gasteiger partial charge in [0.15, 0.2) is 0 Å². The zero-order chi connectivity index (χ0) is 20.8. The standard InChI is InChI=1S/C22H29N7O/c1-29(18-6-3-2-4-7-18)11-5-10-23-22(30)28-21-9-8-19-20(27-21)12-16(13-24-19)17-14-25-26-15-17/h2-4,6-9,12,14,20,24-27H,5,10-11,13,15H2,1H3,(H2,23,28,30). The largest absolute Gasteiger partial charge is 0.382 e. The minimum absolute atomic E-state index is 0.0232. The van der Waals surface area contributed by atoms with Crippen LogP contribution in [-0.2, 0) is 0 Å². The Morgan fingerprint density at radius 2 is 2.03 bits per heavy atom. The maximum atomic E-state index is 12.3. The van der Waals surface area contributed by atoms with Gasteiger partial charge in [-0.1, -0.05) is 24.3 Å². The molecule has 30 heavy (non-hydrogen) atoms. The zero-order valence-corrected chi connectivity index (χ0v) is 17.2. The topological polar surface area (TPSA) is 92.5 Å². The molecule has 0 spiro atoms. The number of rotatable bonds is 7. The van der Waals surface area contributed by atoms with Gasteiger partial charge in [-0.25, -0.2) is 10.2 Å². The van der Waals surface area contributed by atoms with Crippen LogP contribution in [0.5, 0.6) is 0 Å². The maximum absolute atomic E-state index is 12.3. The highest BCUT2D eigenvalue weighted by Gasteiger charge is 2.23. The van der Waals surface area contributed by atoms with Crippen LogP contribution < -0.4 is 37.0 Å². The van der Waals surface area contributed by atoms with E-state index in [-0.39, 0.29) is 12.1 Å². The van der Waals surface area contributed by atoms with E-state index in [2.05, 4.69) is 62.3 Å². The Labute approximate surface area is 177 Å². The molecule has 158 valence electrons. The van der Waals surface area contributed by atoms with E-state index in [1.807, 2.05) is 36.6 Å². The summed E-state index contributed by atoms with van der Waals surface area (Å²) in [5, 5.41) is 12.6. The van der Waals surface area contributed by atoms with Gasteiger partial charge in [0, 0.05) is 50.8 Å². The van der Waals surface area contributed by atoms with Crippen LogP contribution in [-0.4, -0.2) is 45.3 Å². The lowest BCUT2D eigenvalue weighted by molar-refractivity contribution is 0.242. The van der Waals surface area contributed by atoms with Crippen LogP contribution in [0.3, 0.4) is 0 Å². The van der Waals surface area contributed by atoms with Crippen molar-refractivity contribution in [2.45, 2.75) is 12.5 Å². The van der Waals surface area contributed by atoms with Crippen molar-refractivity contribution >= 4 is 11.7 Å². The van der Waals surface area contributed by atoms with Crippen molar-refractivity contribution in [1.29, 1.82) is 0 Å². The molecule has 8 heteroatoms. The van der Waals surface area contributed by atoms with Crippen molar-refractivity contribution in [3.63, 3.8) is 0 Å². The smallest absolute Gasteiger partial charge is 0.320 e. The summed E-state index contributed by atoms with van der Waals surface area (Å²) in [4.78, 5) is 14.4. The molecule has 8 nitrogen and oxygen atoms in total. The first-order valence-electron chi connectivity index (χ1n) is 10.3. The van der Waals surface area contributed by atoms with Gasteiger partial charge in [-0.3, -0.25) is 5.32 Å². The molecule has 1 atom stereocenters. The van der Waals surface area contributed by atoms with Crippen molar-refractivity contribution < 1.29 is 4.79 Å². The van der Waals surface area contributed by atoms with Crippen molar-refractivity contribution in [2.24, 2.45) is 0 Å². The molecule has 0 radical (unpaired) electrons. The first kappa shape index (κ1) is 19.9. The summed E-state index contributed by atoms with van der Waals surface area (Å²) in [6.45, 7) is 3.09. The lowest BCUT2D eigenvalue weighted by Gasteiger charge is -2.31. The number of nitrogens with one attached hydrogen (secondary N) is 6. The van der Waals surface area contributed by atoms with Gasteiger partial charge >= 0.3 is 6.03 Å². The fourth-order valence-corrected chi connectivity index (χ4v) is 3.66. The molecule has 3 aliphatic heterocycles. The van der Waals surface area contributed by atoms with E-state index in [1.165, 1.54) is 16.8 Å².